The van der Waals surface area contributed by atoms with Gasteiger partial charge in [-0.25, -0.2) is 13.8 Å². The molecule has 1 amide bonds. The van der Waals surface area contributed by atoms with Crippen LogP contribution in [0.25, 0.3) is 0 Å². The van der Waals surface area contributed by atoms with Gasteiger partial charge in [-0.1, -0.05) is 53.5 Å². The molecule has 0 unspecified atom stereocenters. The van der Waals surface area contributed by atoms with Crippen LogP contribution in [0.15, 0.2) is 82.8 Å². The maximum atomic E-state index is 13.3. The molecule has 10 heteroatoms. The minimum atomic E-state index is -4.08. The van der Waals surface area contributed by atoms with E-state index in [1.807, 2.05) is 24.3 Å². The van der Waals surface area contributed by atoms with Gasteiger partial charge in [-0.3, -0.25) is 9.10 Å². The van der Waals surface area contributed by atoms with Gasteiger partial charge in [-0.05, 0) is 61.9 Å². The quantitative estimate of drug-likeness (QED) is 0.288. The molecule has 3 aromatic carbocycles. The maximum Gasteiger partial charge on any atom is 0.264 e. The second-order valence-electron chi connectivity index (χ2n) is 7.51. The van der Waals surface area contributed by atoms with Gasteiger partial charge in [0, 0.05) is 28.8 Å². The van der Waals surface area contributed by atoms with Crippen LogP contribution in [0.2, 0.25) is 10.0 Å². The van der Waals surface area contributed by atoms with E-state index in [2.05, 4.69) is 29.3 Å². The van der Waals surface area contributed by atoms with E-state index in [-0.39, 0.29) is 20.6 Å². The number of halogens is 2. The first-order valence-corrected chi connectivity index (χ1v) is 13.1. The molecule has 0 bridgehead atoms. The Labute approximate surface area is 216 Å². The highest BCUT2D eigenvalue weighted by Gasteiger charge is 2.27. The number of benzene rings is 3. The average Bonchev–Trinajstić information content (AvgIpc) is 2.84. The third-order valence-corrected chi connectivity index (χ3v) is 7.40. The van der Waals surface area contributed by atoms with Gasteiger partial charge < -0.3 is 4.90 Å². The fourth-order valence-electron chi connectivity index (χ4n) is 3.42. The minimum Gasteiger partial charge on any atom is -0.372 e. The summed E-state index contributed by atoms with van der Waals surface area (Å²) in [4.78, 5) is 14.9. The molecule has 0 aliphatic carbocycles. The van der Waals surface area contributed by atoms with Gasteiger partial charge >= 0.3 is 0 Å². The fraction of sp³-hybridized carbons (Fsp3) is 0.200. The van der Waals surface area contributed by atoms with Crippen molar-refractivity contribution in [1.82, 2.24) is 5.43 Å². The molecule has 3 aromatic rings. The highest BCUT2D eigenvalue weighted by atomic mass is 35.5. The number of hydrogen-bond donors (Lipinski definition) is 1. The largest absolute Gasteiger partial charge is 0.372 e. The zero-order valence-corrected chi connectivity index (χ0v) is 21.7. The Balaban J connectivity index is 1.78. The van der Waals surface area contributed by atoms with Crippen molar-refractivity contribution in [2.45, 2.75) is 18.7 Å². The molecule has 0 fully saturated rings. The summed E-state index contributed by atoms with van der Waals surface area (Å²) in [6.07, 6.45) is 1.50. The summed E-state index contributed by atoms with van der Waals surface area (Å²) >= 11 is 12.2. The van der Waals surface area contributed by atoms with E-state index in [1.54, 1.807) is 18.2 Å². The first kappa shape index (κ1) is 26.5. The Hall–Kier alpha value is -3.07. The van der Waals surface area contributed by atoms with Gasteiger partial charge in [0.1, 0.15) is 6.54 Å². The molecular weight excluding hydrogens is 507 g/mol. The molecule has 0 saturated heterocycles. The molecule has 7 nitrogen and oxygen atoms in total. The van der Waals surface area contributed by atoms with E-state index in [0.717, 1.165) is 28.6 Å². The summed E-state index contributed by atoms with van der Waals surface area (Å²) < 4.78 is 27.6. The Bertz CT molecular complexity index is 1260. The number of nitrogens with zero attached hydrogens (tertiary/aromatic N) is 3. The zero-order chi connectivity index (χ0) is 25.4. The number of amides is 1. The van der Waals surface area contributed by atoms with Crippen molar-refractivity contribution in [2.75, 3.05) is 28.8 Å². The molecule has 0 saturated carbocycles. The highest BCUT2D eigenvalue weighted by molar-refractivity contribution is 7.92. The second-order valence-corrected chi connectivity index (χ2v) is 10.2. The zero-order valence-electron chi connectivity index (χ0n) is 19.4. The lowest BCUT2D eigenvalue weighted by Crippen LogP contribution is -2.39. The van der Waals surface area contributed by atoms with Gasteiger partial charge in [0.25, 0.3) is 15.9 Å². The molecule has 0 aliphatic rings. The van der Waals surface area contributed by atoms with Crippen LogP contribution in [0.3, 0.4) is 0 Å². The molecular formula is C25H26Cl2N4O3S. The predicted molar refractivity (Wildman–Crippen MR) is 143 cm³/mol. The number of rotatable bonds is 10. The molecule has 0 atom stereocenters. The minimum absolute atomic E-state index is 0.0284. The molecule has 0 aromatic heterocycles. The summed E-state index contributed by atoms with van der Waals surface area (Å²) in [5.41, 5.74) is 4.44. The monoisotopic (exact) mass is 532 g/mol. The maximum absolute atomic E-state index is 13.3. The van der Waals surface area contributed by atoms with E-state index in [9.17, 15) is 13.2 Å². The van der Waals surface area contributed by atoms with Crippen molar-refractivity contribution in [1.29, 1.82) is 0 Å². The lowest BCUT2D eigenvalue weighted by molar-refractivity contribution is -0.119. The molecule has 0 aliphatic heterocycles. The van der Waals surface area contributed by atoms with E-state index in [0.29, 0.717) is 0 Å². The summed E-state index contributed by atoms with van der Waals surface area (Å²) in [7, 11) is -4.08. The third kappa shape index (κ3) is 6.97. The molecule has 0 spiro atoms. The topological polar surface area (TPSA) is 82.1 Å². The van der Waals surface area contributed by atoms with Crippen LogP contribution >= 0.6 is 23.2 Å². The first-order valence-electron chi connectivity index (χ1n) is 11.0. The summed E-state index contributed by atoms with van der Waals surface area (Å²) in [6.45, 7) is 5.46. The van der Waals surface area contributed by atoms with E-state index in [1.165, 1.54) is 36.5 Å². The summed E-state index contributed by atoms with van der Waals surface area (Å²) in [5, 5.41) is 4.47. The van der Waals surface area contributed by atoms with Gasteiger partial charge in [0.2, 0.25) is 0 Å². The smallest absolute Gasteiger partial charge is 0.264 e. The van der Waals surface area contributed by atoms with Crippen molar-refractivity contribution in [3.05, 3.63) is 88.4 Å². The van der Waals surface area contributed by atoms with Gasteiger partial charge in [-0.2, -0.15) is 5.10 Å². The fourth-order valence-corrected chi connectivity index (χ4v) is 5.36. The summed E-state index contributed by atoms with van der Waals surface area (Å²) in [6, 6.07) is 19.9. The lowest BCUT2D eigenvalue weighted by atomic mass is 10.2. The van der Waals surface area contributed by atoms with Crippen molar-refractivity contribution in [3.63, 3.8) is 0 Å². The van der Waals surface area contributed by atoms with Gasteiger partial charge in [0.15, 0.2) is 0 Å². The van der Waals surface area contributed by atoms with Crippen molar-refractivity contribution < 1.29 is 13.2 Å². The number of nitrogens with one attached hydrogen (secondary N) is 1. The van der Waals surface area contributed by atoms with Crippen LogP contribution in [0.4, 0.5) is 11.4 Å². The van der Waals surface area contributed by atoms with Crippen LogP contribution < -0.4 is 14.6 Å². The number of carbonyl (C=O) groups is 1. The SMILES string of the molecule is CCN(CC)c1ccc(/C=N\NC(=O)CN(c2cc(Cl)cc(Cl)c2)S(=O)(=O)c2ccccc2)cc1. The average molecular weight is 533 g/mol. The number of sulfonamides is 1. The number of anilines is 2. The number of hydrazone groups is 1. The van der Waals surface area contributed by atoms with Crippen molar-refractivity contribution in [3.8, 4) is 0 Å². The molecule has 0 heterocycles. The Kier molecular flexibility index (Phi) is 9.14. The normalized spacial score (nSPS) is 11.4. The summed E-state index contributed by atoms with van der Waals surface area (Å²) in [5.74, 6) is -0.628. The standard InChI is InChI=1S/C25H26Cl2N4O3S/c1-3-30(4-2)22-12-10-19(11-13-22)17-28-29-25(32)18-31(23-15-20(26)14-21(27)16-23)35(33,34)24-8-6-5-7-9-24/h5-17H,3-4,18H2,1-2H3,(H,29,32)/b28-17-. The number of carbonyl (C=O) groups excluding carboxylic acids is 1. The van der Waals surface area contributed by atoms with E-state index < -0.39 is 22.5 Å². The molecule has 3 rings (SSSR count). The second kappa shape index (κ2) is 12.1. The van der Waals surface area contributed by atoms with E-state index >= 15 is 0 Å². The third-order valence-electron chi connectivity index (χ3n) is 5.18. The van der Waals surface area contributed by atoms with Crippen molar-refractivity contribution >= 4 is 56.7 Å². The van der Waals surface area contributed by atoms with Gasteiger partial charge in [-0.15, -0.1) is 0 Å². The van der Waals surface area contributed by atoms with E-state index in [4.69, 9.17) is 23.2 Å². The Morgan fingerprint density at radius 1 is 0.914 bits per heavy atom. The molecule has 0 radical (unpaired) electrons. The Morgan fingerprint density at radius 2 is 1.51 bits per heavy atom. The van der Waals surface area contributed by atoms with Crippen molar-refractivity contribution in [2.24, 2.45) is 5.10 Å². The lowest BCUT2D eigenvalue weighted by Gasteiger charge is -2.24. The molecule has 184 valence electrons. The van der Waals surface area contributed by atoms with Crippen LogP contribution in [0.5, 0.6) is 0 Å². The first-order chi connectivity index (χ1) is 16.7. The van der Waals surface area contributed by atoms with Crippen LogP contribution in [-0.4, -0.2) is 40.2 Å². The Morgan fingerprint density at radius 3 is 2.09 bits per heavy atom. The molecule has 35 heavy (non-hydrogen) atoms. The van der Waals surface area contributed by atoms with Gasteiger partial charge in [0.05, 0.1) is 16.8 Å². The van der Waals surface area contributed by atoms with Crippen LogP contribution in [-0.2, 0) is 14.8 Å². The predicted octanol–water partition coefficient (Wildman–Crippen LogP) is 5.19. The van der Waals surface area contributed by atoms with Crippen LogP contribution in [0, 0.1) is 0 Å². The number of hydrogen-bond acceptors (Lipinski definition) is 5. The molecule has 1 N–H and O–H groups in total. The highest BCUT2D eigenvalue weighted by Crippen LogP contribution is 2.29. The van der Waals surface area contributed by atoms with Crippen LogP contribution in [0.1, 0.15) is 19.4 Å².